The lowest BCUT2D eigenvalue weighted by Gasteiger charge is -2.17. The van der Waals surface area contributed by atoms with E-state index in [0.29, 0.717) is 22.4 Å². The zero-order chi connectivity index (χ0) is 15.0. The number of hydrogen-bond acceptors (Lipinski definition) is 3. The van der Waals surface area contributed by atoms with Gasteiger partial charge in [0.2, 0.25) is 5.88 Å². The quantitative estimate of drug-likeness (QED) is 0.746. The van der Waals surface area contributed by atoms with Crippen LogP contribution in [-0.4, -0.2) is 9.97 Å². The van der Waals surface area contributed by atoms with Gasteiger partial charge in [-0.1, -0.05) is 23.2 Å². The molecular weight excluding hydrogens is 314 g/mol. The average molecular weight is 327 g/mol. The lowest BCUT2D eigenvalue weighted by atomic mass is 10.1. The summed E-state index contributed by atoms with van der Waals surface area (Å²) in [6.07, 6.45) is 3.38. The maximum absolute atomic E-state index is 13.6. The van der Waals surface area contributed by atoms with Gasteiger partial charge in [-0.05, 0) is 31.9 Å². The first-order valence-corrected chi connectivity index (χ1v) is 7.45. The molecule has 1 atom stereocenters. The molecule has 3 nitrogen and oxygen atoms in total. The van der Waals surface area contributed by atoms with Gasteiger partial charge in [0.15, 0.2) is 0 Å². The first-order chi connectivity index (χ1) is 10.1. The second-order valence-electron chi connectivity index (χ2n) is 5.04. The van der Waals surface area contributed by atoms with Gasteiger partial charge in [0.05, 0.1) is 5.02 Å². The second kappa shape index (κ2) is 5.78. The van der Waals surface area contributed by atoms with Crippen LogP contribution < -0.4 is 4.74 Å². The maximum Gasteiger partial charge on any atom is 0.217 e. The fourth-order valence-corrected chi connectivity index (χ4v) is 2.79. The minimum atomic E-state index is -0.520. The number of nitrogens with zero attached hydrogens (tertiary/aromatic N) is 2. The van der Waals surface area contributed by atoms with Crippen molar-refractivity contribution in [2.45, 2.75) is 31.8 Å². The van der Waals surface area contributed by atoms with E-state index in [9.17, 15) is 4.39 Å². The van der Waals surface area contributed by atoms with Gasteiger partial charge in [0, 0.05) is 28.8 Å². The van der Waals surface area contributed by atoms with Crippen LogP contribution in [-0.2, 0) is 0 Å². The molecule has 1 heterocycles. The predicted octanol–water partition coefficient (Wildman–Crippen LogP) is 4.94. The molecule has 3 rings (SSSR count). The lowest BCUT2D eigenvalue weighted by Crippen LogP contribution is -2.07. The Morgan fingerprint density at radius 3 is 2.76 bits per heavy atom. The molecule has 0 saturated heterocycles. The van der Waals surface area contributed by atoms with Crippen molar-refractivity contribution >= 4 is 23.2 Å². The Morgan fingerprint density at radius 1 is 1.29 bits per heavy atom. The summed E-state index contributed by atoms with van der Waals surface area (Å²) in [6.45, 7) is 1.76. The fraction of sp³-hybridized carbons (Fsp3) is 0.333. The summed E-state index contributed by atoms with van der Waals surface area (Å²) >= 11 is 12.1. The van der Waals surface area contributed by atoms with Gasteiger partial charge in [-0.15, -0.1) is 0 Å². The molecule has 0 spiro atoms. The van der Waals surface area contributed by atoms with Crippen molar-refractivity contribution in [1.29, 1.82) is 0 Å². The first kappa shape index (κ1) is 14.5. The van der Waals surface area contributed by atoms with Gasteiger partial charge < -0.3 is 4.74 Å². The topological polar surface area (TPSA) is 35.0 Å². The van der Waals surface area contributed by atoms with Crippen LogP contribution in [0, 0.1) is 5.82 Å². The maximum atomic E-state index is 13.6. The molecule has 1 aliphatic rings. The predicted molar refractivity (Wildman–Crippen MR) is 79.5 cm³/mol. The largest absolute Gasteiger partial charge is 0.470 e. The van der Waals surface area contributed by atoms with Crippen molar-refractivity contribution in [3.05, 3.63) is 51.6 Å². The first-order valence-electron chi connectivity index (χ1n) is 6.69. The Morgan fingerprint density at radius 2 is 2.05 bits per heavy atom. The SMILES string of the molecule is C[C@H](Oc1ccnc(C2CC2)n1)c1c(Cl)ccc(F)c1Cl. The van der Waals surface area contributed by atoms with E-state index >= 15 is 0 Å². The minimum absolute atomic E-state index is 0.0218. The Labute approximate surface area is 132 Å². The summed E-state index contributed by atoms with van der Waals surface area (Å²) in [5, 5.41) is 0.344. The molecule has 1 aromatic heterocycles. The molecule has 0 N–H and O–H groups in total. The van der Waals surface area contributed by atoms with Gasteiger partial charge in [-0.2, -0.15) is 4.98 Å². The van der Waals surface area contributed by atoms with Crippen molar-refractivity contribution in [3.63, 3.8) is 0 Å². The highest BCUT2D eigenvalue weighted by molar-refractivity contribution is 6.36. The molecule has 1 saturated carbocycles. The summed E-state index contributed by atoms with van der Waals surface area (Å²) in [5.41, 5.74) is 0.421. The Hall–Kier alpha value is -1.39. The van der Waals surface area contributed by atoms with Crippen molar-refractivity contribution in [2.75, 3.05) is 0 Å². The minimum Gasteiger partial charge on any atom is -0.470 e. The van der Waals surface area contributed by atoms with Crippen LogP contribution in [0.2, 0.25) is 10.0 Å². The molecule has 0 radical (unpaired) electrons. The highest BCUT2D eigenvalue weighted by atomic mass is 35.5. The molecule has 1 aliphatic carbocycles. The normalized spacial score (nSPS) is 15.8. The zero-order valence-corrected chi connectivity index (χ0v) is 12.8. The standard InChI is InChI=1S/C15H13Cl2FN2O/c1-8(13-10(16)4-5-11(18)14(13)17)21-12-6-7-19-15(20-12)9-2-3-9/h4-9H,2-3H2,1H3/t8-/m0/s1. The highest BCUT2D eigenvalue weighted by Gasteiger charge is 2.27. The van der Waals surface area contributed by atoms with Crippen LogP contribution in [0.25, 0.3) is 0 Å². The van der Waals surface area contributed by atoms with Crippen LogP contribution in [0.15, 0.2) is 24.4 Å². The van der Waals surface area contributed by atoms with Crippen LogP contribution in [0.1, 0.15) is 43.2 Å². The van der Waals surface area contributed by atoms with Gasteiger partial charge in [-0.25, -0.2) is 9.37 Å². The van der Waals surface area contributed by atoms with Crippen LogP contribution in [0.5, 0.6) is 5.88 Å². The second-order valence-corrected chi connectivity index (χ2v) is 5.83. The van der Waals surface area contributed by atoms with Gasteiger partial charge in [0.1, 0.15) is 17.7 Å². The fourth-order valence-electron chi connectivity index (χ4n) is 2.12. The Balaban J connectivity index is 1.84. The van der Waals surface area contributed by atoms with Crippen LogP contribution >= 0.6 is 23.2 Å². The third-order valence-corrected chi connectivity index (χ3v) is 4.09. The number of rotatable bonds is 4. The monoisotopic (exact) mass is 326 g/mol. The Bertz CT molecular complexity index is 677. The third-order valence-electron chi connectivity index (χ3n) is 3.37. The number of ether oxygens (including phenoxy) is 1. The van der Waals surface area contributed by atoms with E-state index in [4.69, 9.17) is 27.9 Å². The van der Waals surface area contributed by atoms with Gasteiger partial charge in [-0.3, -0.25) is 0 Å². The van der Waals surface area contributed by atoms with E-state index in [1.165, 1.54) is 12.1 Å². The average Bonchev–Trinajstić information content (AvgIpc) is 3.28. The van der Waals surface area contributed by atoms with Crippen molar-refractivity contribution in [2.24, 2.45) is 0 Å². The molecule has 6 heteroatoms. The lowest BCUT2D eigenvalue weighted by molar-refractivity contribution is 0.216. The smallest absolute Gasteiger partial charge is 0.217 e. The van der Waals surface area contributed by atoms with E-state index in [2.05, 4.69) is 9.97 Å². The van der Waals surface area contributed by atoms with Crippen molar-refractivity contribution in [3.8, 4) is 5.88 Å². The van der Waals surface area contributed by atoms with E-state index in [0.717, 1.165) is 18.7 Å². The number of aromatic nitrogens is 2. The Kier molecular flexibility index (Phi) is 4.00. The van der Waals surface area contributed by atoms with E-state index in [1.54, 1.807) is 19.2 Å². The molecule has 1 aromatic carbocycles. The van der Waals surface area contributed by atoms with E-state index < -0.39 is 11.9 Å². The molecule has 0 unspecified atom stereocenters. The molecule has 2 aromatic rings. The van der Waals surface area contributed by atoms with Crippen molar-refractivity contribution in [1.82, 2.24) is 9.97 Å². The van der Waals surface area contributed by atoms with E-state index in [1.807, 2.05) is 0 Å². The molecule has 0 amide bonds. The molecular formula is C15H13Cl2FN2O. The van der Waals surface area contributed by atoms with Gasteiger partial charge >= 0.3 is 0 Å². The molecule has 0 aliphatic heterocycles. The highest BCUT2D eigenvalue weighted by Crippen LogP contribution is 2.39. The molecule has 21 heavy (non-hydrogen) atoms. The summed E-state index contributed by atoms with van der Waals surface area (Å²) < 4.78 is 19.3. The zero-order valence-electron chi connectivity index (χ0n) is 11.3. The summed E-state index contributed by atoms with van der Waals surface area (Å²) in [5.74, 6) is 1.14. The number of hydrogen-bond donors (Lipinski definition) is 0. The summed E-state index contributed by atoms with van der Waals surface area (Å²) in [6, 6.07) is 4.37. The number of halogens is 3. The van der Waals surface area contributed by atoms with Crippen molar-refractivity contribution < 1.29 is 9.13 Å². The van der Waals surface area contributed by atoms with E-state index in [-0.39, 0.29) is 5.02 Å². The molecule has 0 bridgehead atoms. The van der Waals surface area contributed by atoms with Crippen LogP contribution in [0.3, 0.4) is 0 Å². The van der Waals surface area contributed by atoms with Crippen LogP contribution in [0.4, 0.5) is 4.39 Å². The summed E-state index contributed by atoms with van der Waals surface area (Å²) in [4.78, 5) is 8.60. The molecule has 1 fully saturated rings. The summed E-state index contributed by atoms with van der Waals surface area (Å²) in [7, 11) is 0. The third kappa shape index (κ3) is 3.11. The number of benzene rings is 1. The molecule has 110 valence electrons. The van der Waals surface area contributed by atoms with Gasteiger partial charge in [0.25, 0.3) is 0 Å².